The molecule has 1 fully saturated rings. The van der Waals surface area contributed by atoms with Crippen molar-refractivity contribution in [3.63, 3.8) is 0 Å². The Labute approximate surface area is 101 Å². The summed E-state index contributed by atoms with van der Waals surface area (Å²) in [7, 11) is 0. The van der Waals surface area contributed by atoms with E-state index in [1.54, 1.807) is 0 Å². The average Bonchev–Trinajstić information content (AvgIpc) is 2.82. The number of rotatable bonds is 8. The summed E-state index contributed by atoms with van der Waals surface area (Å²) in [4.78, 5) is 5.11. The Balaban J connectivity index is 2.31. The topological polar surface area (TPSA) is 32.5 Å². The largest absolute Gasteiger partial charge is 0.329 e. The molecule has 0 aromatic rings. The van der Waals surface area contributed by atoms with E-state index < -0.39 is 0 Å². The molecule has 0 bridgehead atoms. The van der Waals surface area contributed by atoms with Crippen LogP contribution in [0.25, 0.3) is 0 Å². The quantitative estimate of drug-likeness (QED) is 0.682. The van der Waals surface area contributed by atoms with Crippen LogP contribution < -0.4 is 5.73 Å². The van der Waals surface area contributed by atoms with Crippen LogP contribution >= 0.6 is 0 Å². The van der Waals surface area contributed by atoms with Gasteiger partial charge >= 0.3 is 0 Å². The number of likely N-dealkylation sites (N-methyl/N-ethyl adjacent to an activating group) is 1. The predicted molar refractivity (Wildman–Crippen MR) is 70.7 cm³/mol. The summed E-state index contributed by atoms with van der Waals surface area (Å²) >= 11 is 0. The molecule has 3 heteroatoms. The van der Waals surface area contributed by atoms with E-state index in [9.17, 15) is 0 Å². The van der Waals surface area contributed by atoms with Crippen molar-refractivity contribution < 1.29 is 0 Å². The zero-order valence-electron chi connectivity index (χ0n) is 11.1. The molecule has 0 heterocycles. The molecule has 0 aromatic heterocycles. The maximum Gasteiger partial charge on any atom is 0.0113 e. The first-order chi connectivity index (χ1) is 7.81. The van der Waals surface area contributed by atoms with Gasteiger partial charge in [0, 0.05) is 32.2 Å². The molecule has 1 saturated carbocycles. The van der Waals surface area contributed by atoms with Crippen LogP contribution in [0.3, 0.4) is 0 Å². The van der Waals surface area contributed by atoms with E-state index in [1.165, 1.54) is 38.8 Å². The van der Waals surface area contributed by atoms with E-state index in [2.05, 4.69) is 23.6 Å². The van der Waals surface area contributed by atoms with Crippen LogP contribution in [0.5, 0.6) is 0 Å². The van der Waals surface area contributed by atoms with Crippen molar-refractivity contribution in [2.75, 3.05) is 39.3 Å². The van der Waals surface area contributed by atoms with Crippen molar-refractivity contribution in [3.05, 3.63) is 0 Å². The third kappa shape index (κ3) is 4.40. The van der Waals surface area contributed by atoms with Gasteiger partial charge in [0.25, 0.3) is 0 Å². The molecule has 0 unspecified atom stereocenters. The highest BCUT2D eigenvalue weighted by Crippen LogP contribution is 2.22. The first-order valence-corrected chi connectivity index (χ1v) is 6.98. The van der Waals surface area contributed by atoms with Crippen LogP contribution in [0.2, 0.25) is 0 Å². The van der Waals surface area contributed by atoms with Gasteiger partial charge in [-0.15, -0.1) is 0 Å². The molecular formula is C13H29N3. The van der Waals surface area contributed by atoms with E-state index in [-0.39, 0.29) is 0 Å². The van der Waals surface area contributed by atoms with Crippen molar-refractivity contribution in [1.29, 1.82) is 0 Å². The molecule has 1 aliphatic carbocycles. The van der Waals surface area contributed by atoms with Crippen LogP contribution in [0.1, 0.15) is 39.5 Å². The van der Waals surface area contributed by atoms with Gasteiger partial charge in [-0.2, -0.15) is 0 Å². The molecule has 1 aliphatic rings. The molecule has 0 radical (unpaired) electrons. The standard InChI is InChI=1S/C13H29N3/c1-3-15(4-2)11-12-16(10-9-14)13-7-5-6-8-13/h13H,3-12,14H2,1-2H3. The van der Waals surface area contributed by atoms with E-state index >= 15 is 0 Å². The second kappa shape index (κ2) is 8.04. The summed E-state index contributed by atoms with van der Waals surface area (Å²) in [5.41, 5.74) is 5.71. The summed E-state index contributed by atoms with van der Waals surface area (Å²) in [6.07, 6.45) is 5.60. The molecule has 0 spiro atoms. The number of nitrogens with two attached hydrogens (primary N) is 1. The zero-order chi connectivity index (χ0) is 11.8. The van der Waals surface area contributed by atoms with Crippen molar-refractivity contribution in [1.82, 2.24) is 9.80 Å². The third-order valence-corrected chi connectivity index (χ3v) is 3.86. The molecule has 0 amide bonds. The zero-order valence-corrected chi connectivity index (χ0v) is 11.1. The smallest absolute Gasteiger partial charge is 0.0113 e. The molecular weight excluding hydrogens is 198 g/mol. The number of hydrogen-bond acceptors (Lipinski definition) is 3. The first kappa shape index (κ1) is 13.9. The van der Waals surface area contributed by atoms with Gasteiger partial charge in [-0.05, 0) is 25.9 Å². The maximum absolute atomic E-state index is 5.71. The Bertz CT molecular complexity index is 163. The SMILES string of the molecule is CCN(CC)CCN(CCN)C1CCCC1. The lowest BCUT2D eigenvalue weighted by Crippen LogP contribution is -2.42. The fourth-order valence-electron chi connectivity index (χ4n) is 2.72. The van der Waals surface area contributed by atoms with E-state index in [0.29, 0.717) is 0 Å². The number of hydrogen-bond donors (Lipinski definition) is 1. The Hall–Kier alpha value is -0.120. The minimum Gasteiger partial charge on any atom is -0.329 e. The van der Waals surface area contributed by atoms with Crippen LogP contribution in [-0.4, -0.2) is 55.1 Å². The number of nitrogens with zero attached hydrogens (tertiary/aromatic N) is 2. The first-order valence-electron chi connectivity index (χ1n) is 6.98. The van der Waals surface area contributed by atoms with Crippen LogP contribution in [0.4, 0.5) is 0 Å². The average molecular weight is 227 g/mol. The maximum atomic E-state index is 5.71. The third-order valence-electron chi connectivity index (χ3n) is 3.86. The summed E-state index contributed by atoms with van der Waals surface area (Å²) < 4.78 is 0. The summed E-state index contributed by atoms with van der Waals surface area (Å²) in [5.74, 6) is 0. The Morgan fingerprint density at radius 3 is 2.12 bits per heavy atom. The van der Waals surface area contributed by atoms with Crippen molar-refractivity contribution in [3.8, 4) is 0 Å². The van der Waals surface area contributed by atoms with Crippen LogP contribution in [-0.2, 0) is 0 Å². The normalized spacial score (nSPS) is 17.8. The molecule has 0 atom stereocenters. The van der Waals surface area contributed by atoms with Gasteiger partial charge in [0.15, 0.2) is 0 Å². The van der Waals surface area contributed by atoms with Gasteiger partial charge < -0.3 is 10.6 Å². The second-order valence-corrected chi connectivity index (χ2v) is 4.79. The Kier molecular flexibility index (Phi) is 7.01. The molecule has 3 nitrogen and oxygen atoms in total. The Morgan fingerprint density at radius 1 is 1.00 bits per heavy atom. The monoisotopic (exact) mass is 227 g/mol. The van der Waals surface area contributed by atoms with Crippen molar-refractivity contribution >= 4 is 0 Å². The van der Waals surface area contributed by atoms with Crippen LogP contribution in [0, 0.1) is 0 Å². The van der Waals surface area contributed by atoms with Gasteiger partial charge in [-0.1, -0.05) is 26.7 Å². The van der Waals surface area contributed by atoms with Gasteiger partial charge in [0.2, 0.25) is 0 Å². The highest BCUT2D eigenvalue weighted by Gasteiger charge is 2.21. The van der Waals surface area contributed by atoms with Crippen LogP contribution in [0.15, 0.2) is 0 Å². The summed E-state index contributed by atoms with van der Waals surface area (Å²) in [5, 5.41) is 0. The molecule has 0 aromatic carbocycles. The lowest BCUT2D eigenvalue weighted by atomic mass is 10.2. The second-order valence-electron chi connectivity index (χ2n) is 4.79. The van der Waals surface area contributed by atoms with Crippen molar-refractivity contribution in [2.24, 2.45) is 5.73 Å². The molecule has 96 valence electrons. The fraction of sp³-hybridized carbons (Fsp3) is 1.00. The molecule has 0 saturated heterocycles. The van der Waals surface area contributed by atoms with Gasteiger partial charge in [0.1, 0.15) is 0 Å². The molecule has 2 N–H and O–H groups in total. The lowest BCUT2D eigenvalue weighted by molar-refractivity contribution is 0.170. The lowest BCUT2D eigenvalue weighted by Gasteiger charge is -2.30. The molecule has 16 heavy (non-hydrogen) atoms. The van der Waals surface area contributed by atoms with Gasteiger partial charge in [-0.3, -0.25) is 4.90 Å². The summed E-state index contributed by atoms with van der Waals surface area (Å²) in [6.45, 7) is 11.1. The Morgan fingerprint density at radius 2 is 1.62 bits per heavy atom. The summed E-state index contributed by atoms with van der Waals surface area (Å²) in [6, 6.07) is 0.819. The van der Waals surface area contributed by atoms with E-state index in [1.807, 2.05) is 0 Å². The minimum absolute atomic E-state index is 0.800. The van der Waals surface area contributed by atoms with E-state index in [4.69, 9.17) is 5.73 Å². The van der Waals surface area contributed by atoms with Gasteiger partial charge in [-0.25, -0.2) is 0 Å². The minimum atomic E-state index is 0.800. The van der Waals surface area contributed by atoms with Crippen molar-refractivity contribution in [2.45, 2.75) is 45.6 Å². The van der Waals surface area contributed by atoms with Gasteiger partial charge in [0.05, 0.1) is 0 Å². The predicted octanol–water partition coefficient (Wildman–Crippen LogP) is 1.53. The fourth-order valence-corrected chi connectivity index (χ4v) is 2.72. The van der Waals surface area contributed by atoms with E-state index in [0.717, 1.165) is 32.2 Å². The highest BCUT2D eigenvalue weighted by molar-refractivity contribution is 4.78. The molecule has 1 rings (SSSR count). The molecule has 0 aliphatic heterocycles. The highest BCUT2D eigenvalue weighted by atomic mass is 15.2.